The maximum absolute atomic E-state index is 11.4. The van der Waals surface area contributed by atoms with Gasteiger partial charge in [0.05, 0.1) is 13.0 Å². The van der Waals surface area contributed by atoms with E-state index in [9.17, 15) is 4.79 Å². The Hall–Kier alpha value is -2.04. The number of hydrogen-bond donors (Lipinski definition) is 2. The summed E-state index contributed by atoms with van der Waals surface area (Å²) in [4.78, 5) is 15.7. The number of guanidine groups is 1. The molecule has 1 fully saturated rings. The van der Waals surface area contributed by atoms with E-state index in [1.54, 1.807) is 7.05 Å². The SMILES string of the molecule is CN=C(NCC(C)C(=O)OC)NCC1(c2ccccc2)CCC1. The Bertz CT molecular complexity index is 538. The molecule has 1 unspecified atom stereocenters. The van der Waals surface area contributed by atoms with Crippen molar-refractivity contribution in [2.45, 2.75) is 31.6 Å². The van der Waals surface area contributed by atoms with Gasteiger partial charge < -0.3 is 15.4 Å². The number of ether oxygens (including phenoxy) is 1. The third-order valence-electron chi connectivity index (χ3n) is 4.69. The third kappa shape index (κ3) is 4.24. The van der Waals surface area contributed by atoms with Crippen LogP contribution in [0.1, 0.15) is 31.7 Å². The van der Waals surface area contributed by atoms with E-state index >= 15 is 0 Å². The topological polar surface area (TPSA) is 62.7 Å². The standard InChI is InChI=1S/C18H27N3O2/c1-14(16(22)23-3)12-20-17(19-2)21-13-18(10-7-11-18)15-8-5-4-6-9-15/h4-6,8-9,14H,7,10-13H2,1-3H3,(H2,19,20,21). The lowest BCUT2D eigenvalue weighted by Crippen LogP contribution is -2.49. The number of nitrogens with one attached hydrogen (secondary N) is 2. The number of carbonyl (C=O) groups is 1. The van der Waals surface area contributed by atoms with Crippen molar-refractivity contribution in [3.8, 4) is 0 Å². The maximum Gasteiger partial charge on any atom is 0.310 e. The highest BCUT2D eigenvalue weighted by atomic mass is 16.5. The molecule has 0 aromatic heterocycles. The number of esters is 1. The zero-order valence-electron chi connectivity index (χ0n) is 14.3. The smallest absolute Gasteiger partial charge is 0.310 e. The number of methoxy groups -OCH3 is 1. The first-order valence-electron chi connectivity index (χ1n) is 8.19. The van der Waals surface area contributed by atoms with E-state index in [4.69, 9.17) is 4.74 Å². The van der Waals surface area contributed by atoms with E-state index in [2.05, 4.69) is 46.0 Å². The molecule has 5 heteroatoms. The van der Waals surface area contributed by atoms with E-state index in [1.165, 1.54) is 31.9 Å². The molecule has 5 nitrogen and oxygen atoms in total. The Morgan fingerprint density at radius 3 is 2.52 bits per heavy atom. The molecule has 0 bridgehead atoms. The van der Waals surface area contributed by atoms with E-state index < -0.39 is 0 Å². The summed E-state index contributed by atoms with van der Waals surface area (Å²) < 4.78 is 4.74. The molecule has 0 saturated heterocycles. The second-order valence-corrected chi connectivity index (χ2v) is 6.23. The van der Waals surface area contributed by atoms with Crippen molar-refractivity contribution in [3.63, 3.8) is 0 Å². The molecule has 23 heavy (non-hydrogen) atoms. The minimum atomic E-state index is -0.215. The van der Waals surface area contributed by atoms with Crippen LogP contribution in [-0.4, -0.2) is 39.2 Å². The fourth-order valence-corrected chi connectivity index (χ4v) is 2.97. The lowest BCUT2D eigenvalue weighted by Gasteiger charge is -2.43. The predicted molar refractivity (Wildman–Crippen MR) is 92.5 cm³/mol. The normalized spacial score (nSPS) is 17.8. The van der Waals surface area contributed by atoms with Gasteiger partial charge in [0.2, 0.25) is 0 Å². The van der Waals surface area contributed by atoms with Gasteiger partial charge in [-0.05, 0) is 18.4 Å². The molecule has 0 amide bonds. The molecule has 1 atom stereocenters. The summed E-state index contributed by atoms with van der Waals surface area (Å²) in [6, 6.07) is 10.7. The van der Waals surface area contributed by atoms with E-state index in [-0.39, 0.29) is 17.3 Å². The number of carbonyl (C=O) groups excluding carboxylic acids is 1. The second-order valence-electron chi connectivity index (χ2n) is 6.23. The average molecular weight is 317 g/mol. The molecule has 0 aliphatic heterocycles. The van der Waals surface area contributed by atoms with Crippen LogP contribution in [0.25, 0.3) is 0 Å². The molecule has 0 radical (unpaired) electrons. The van der Waals surface area contributed by atoms with Crippen molar-refractivity contribution in [1.29, 1.82) is 0 Å². The van der Waals surface area contributed by atoms with Crippen molar-refractivity contribution in [3.05, 3.63) is 35.9 Å². The van der Waals surface area contributed by atoms with Crippen LogP contribution in [-0.2, 0) is 14.9 Å². The van der Waals surface area contributed by atoms with Gasteiger partial charge in [0.25, 0.3) is 0 Å². The van der Waals surface area contributed by atoms with E-state index in [0.29, 0.717) is 6.54 Å². The van der Waals surface area contributed by atoms with Gasteiger partial charge in [-0.2, -0.15) is 0 Å². The van der Waals surface area contributed by atoms with Crippen LogP contribution in [0.5, 0.6) is 0 Å². The van der Waals surface area contributed by atoms with E-state index in [1.807, 2.05) is 6.92 Å². The molecule has 1 aromatic rings. The lowest BCUT2D eigenvalue weighted by molar-refractivity contribution is -0.144. The van der Waals surface area contributed by atoms with Crippen LogP contribution in [0.4, 0.5) is 0 Å². The Kier molecular flexibility index (Phi) is 6.02. The fourth-order valence-electron chi connectivity index (χ4n) is 2.97. The molecular formula is C18H27N3O2. The Morgan fingerprint density at radius 2 is 2.00 bits per heavy atom. The van der Waals surface area contributed by atoms with Crippen LogP contribution in [0.3, 0.4) is 0 Å². The van der Waals surface area contributed by atoms with Crippen molar-refractivity contribution < 1.29 is 9.53 Å². The van der Waals surface area contributed by atoms with Crippen LogP contribution in [0, 0.1) is 5.92 Å². The van der Waals surface area contributed by atoms with Crippen LogP contribution in [0.15, 0.2) is 35.3 Å². The monoisotopic (exact) mass is 317 g/mol. The summed E-state index contributed by atoms with van der Waals surface area (Å²) >= 11 is 0. The molecule has 2 N–H and O–H groups in total. The summed E-state index contributed by atoms with van der Waals surface area (Å²) in [6.45, 7) is 3.19. The summed E-state index contributed by atoms with van der Waals surface area (Å²) in [7, 11) is 3.15. The fraction of sp³-hybridized carbons (Fsp3) is 0.556. The van der Waals surface area contributed by atoms with Gasteiger partial charge in [0.1, 0.15) is 0 Å². The molecule has 2 rings (SSSR count). The van der Waals surface area contributed by atoms with Crippen molar-refractivity contribution >= 4 is 11.9 Å². The molecule has 0 spiro atoms. The Labute approximate surface area is 138 Å². The first kappa shape index (κ1) is 17.3. The zero-order valence-corrected chi connectivity index (χ0v) is 14.3. The van der Waals surface area contributed by atoms with Gasteiger partial charge in [-0.15, -0.1) is 0 Å². The summed E-state index contributed by atoms with van der Waals surface area (Å²) in [5.41, 5.74) is 1.59. The van der Waals surface area contributed by atoms with Crippen molar-refractivity contribution in [1.82, 2.24) is 10.6 Å². The third-order valence-corrected chi connectivity index (χ3v) is 4.69. The lowest BCUT2D eigenvalue weighted by atomic mass is 9.64. The largest absolute Gasteiger partial charge is 0.469 e. The second kappa shape index (κ2) is 7.99. The first-order valence-corrected chi connectivity index (χ1v) is 8.19. The molecule has 1 aliphatic rings. The predicted octanol–water partition coefficient (Wildman–Crippen LogP) is 2.08. The highest BCUT2D eigenvalue weighted by Gasteiger charge is 2.38. The Balaban J connectivity index is 1.89. The number of rotatable bonds is 6. The Morgan fingerprint density at radius 1 is 1.30 bits per heavy atom. The van der Waals surface area contributed by atoms with Crippen LogP contribution >= 0.6 is 0 Å². The van der Waals surface area contributed by atoms with Gasteiger partial charge in [-0.25, -0.2) is 0 Å². The number of benzene rings is 1. The van der Waals surface area contributed by atoms with Crippen molar-refractivity contribution in [2.24, 2.45) is 10.9 Å². The van der Waals surface area contributed by atoms with E-state index in [0.717, 1.165) is 12.5 Å². The zero-order chi connectivity index (χ0) is 16.7. The summed E-state index contributed by atoms with van der Waals surface area (Å²) in [6.07, 6.45) is 3.65. The average Bonchev–Trinajstić information content (AvgIpc) is 2.56. The minimum absolute atomic E-state index is 0.201. The van der Waals surface area contributed by atoms with Gasteiger partial charge >= 0.3 is 5.97 Å². The van der Waals surface area contributed by atoms with Crippen molar-refractivity contribution in [2.75, 3.05) is 27.2 Å². The molecule has 1 aromatic carbocycles. The highest BCUT2D eigenvalue weighted by molar-refractivity contribution is 5.80. The quantitative estimate of drug-likeness (QED) is 0.479. The number of aliphatic imine (C=N–C) groups is 1. The van der Waals surface area contributed by atoms with Crippen LogP contribution in [0.2, 0.25) is 0 Å². The van der Waals surface area contributed by atoms with Gasteiger partial charge in [0, 0.05) is 25.6 Å². The molecule has 1 aliphatic carbocycles. The van der Waals surface area contributed by atoms with Gasteiger partial charge in [-0.1, -0.05) is 43.7 Å². The van der Waals surface area contributed by atoms with Gasteiger partial charge in [0.15, 0.2) is 5.96 Å². The molecule has 0 heterocycles. The molecule has 126 valence electrons. The first-order chi connectivity index (χ1) is 11.1. The molecular weight excluding hydrogens is 290 g/mol. The summed E-state index contributed by atoms with van der Waals surface area (Å²) in [5.74, 6) is 0.306. The molecule has 1 saturated carbocycles. The summed E-state index contributed by atoms with van der Waals surface area (Å²) in [5, 5.41) is 6.60. The highest BCUT2D eigenvalue weighted by Crippen LogP contribution is 2.43. The minimum Gasteiger partial charge on any atom is -0.469 e. The van der Waals surface area contributed by atoms with Crippen LogP contribution < -0.4 is 10.6 Å². The number of hydrogen-bond acceptors (Lipinski definition) is 3. The number of nitrogens with zero attached hydrogens (tertiary/aromatic N) is 1. The maximum atomic E-state index is 11.4. The van der Waals surface area contributed by atoms with Gasteiger partial charge in [-0.3, -0.25) is 9.79 Å².